The molecule has 4 heteroatoms. The lowest BCUT2D eigenvalue weighted by atomic mass is 10.1. The van der Waals surface area contributed by atoms with Crippen LogP contribution in [0, 0.1) is 13.8 Å². The van der Waals surface area contributed by atoms with Crippen LogP contribution in [0.4, 0.5) is 5.82 Å². The highest BCUT2D eigenvalue weighted by Gasteiger charge is 2.12. The Labute approximate surface area is 117 Å². The summed E-state index contributed by atoms with van der Waals surface area (Å²) in [6, 6.07) is 10.1. The maximum Gasteiger partial charge on any atom is 0.132 e. The predicted molar refractivity (Wildman–Crippen MR) is 80.7 cm³/mol. The molecule has 0 unspecified atom stereocenters. The van der Waals surface area contributed by atoms with Gasteiger partial charge in [-0.2, -0.15) is 0 Å². The molecule has 0 aliphatic heterocycles. The number of rotatable bonds is 2. The van der Waals surface area contributed by atoms with Gasteiger partial charge >= 0.3 is 0 Å². The topological polar surface area (TPSA) is 56.7 Å². The molecule has 100 valence electrons. The van der Waals surface area contributed by atoms with Crippen LogP contribution in [0.3, 0.4) is 0 Å². The van der Waals surface area contributed by atoms with E-state index in [1.165, 1.54) is 11.1 Å². The van der Waals surface area contributed by atoms with Crippen LogP contribution in [-0.4, -0.2) is 14.5 Å². The molecule has 4 nitrogen and oxygen atoms in total. The van der Waals surface area contributed by atoms with E-state index in [2.05, 4.69) is 40.5 Å². The molecule has 0 saturated carbocycles. The number of aryl methyl sites for hydroxylation is 1. The van der Waals surface area contributed by atoms with E-state index in [0.29, 0.717) is 5.82 Å². The summed E-state index contributed by atoms with van der Waals surface area (Å²) in [6.07, 6.45) is 5.32. The number of imidazole rings is 1. The molecule has 0 radical (unpaired) electrons. The first-order valence-corrected chi connectivity index (χ1v) is 6.48. The van der Waals surface area contributed by atoms with Crippen molar-refractivity contribution < 1.29 is 0 Å². The van der Waals surface area contributed by atoms with Crippen molar-refractivity contribution in [2.45, 2.75) is 13.8 Å². The average molecular weight is 264 g/mol. The molecule has 3 rings (SSSR count). The molecule has 0 fully saturated rings. The van der Waals surface area contributed by atoms with Crippen molar-refractivity contribution in [3.05, 3.63) is 60.2 Å². The molecule has 0 amide bonds. The Balaban J connectivity index is 2.21. The maximum absolute atomic E-state index is 5.97. The zero-order chi connectivity index (χ0) is 14.1. The minimum absolute atomic E-state index is 0.513. The van der Waals surface area contributed by atoms with Crippen LogP contribution >= 0.6 is 0 Å². The van der Waals surface area contributed by atoms with Gasteiger partial charge in [0.05, 0.1) is 23.9 Å². The van der Waals surface area contributed by atoms with Gasteiger partial charge < -0.3 is 5.73 Å². The SMILES string of the molecule is Cc1cccc(-n2cncc2-c2cccnc2N)c1C. The lowest BCUT2D eigenvalue weighted by molar-refractivity contribution is 1.04. The fraction of sp³-hybridized carbons (Fsp3) is 0.125. The molecule has 2 N–H and O–H groups in total. The van der Waals surface area contributed by atoms with Gasteiger partial charge in [0, 0.05) is 11.8 Å². The summed E-state index contributed by atoms with van der Waals surface area (Å²) in [4.78, 5) is 8.41. The molecule has 0 aliphatic rings. The molecule has 2 aromatic heterocycles. The number of nitrogen functional groups attached to an aromatic ring is 1. The number of hydrogen-bond donors (Lipinski definition) is 1. The van der Waals surface area contributed by atoms with Crippen molar-refractivity contribution in [2.24, 2.45) is 0 Å². The van der Waals surface area contributed by atoms with Gasteiger partial charge in [-0.1, -0.05) is 12.1 Å². The van der Waals surface area contributed by atoms with Crippen molar-refractivity contribution >= 4 is 5.82 Å². The molecular weight excluding hydrogens is 248 g/mol. The first kappa shape index (κ1) is 12.4. The van der Waals surface area contributed by atoms with E-state index >= 15 is 0 Å². The second kappa shape index (κ2) is 4.81. The maximum atomic E-state index is 5.97. The zero-order valence-electron chi connectivity index (χ0n) is 11.5. The van der Waals surface area contributed by atoms with Gasteiger partial charge in [0.2, 0.25) is 0 Å². The lowest BCUT2D eigenvalue weighted by Crippen LogP contribution is -2.01. The minimum Gasteiger partial charge on any atom is -0.383 e. The summed E-state index contributed by atoms with van der Waals surface area (Å²) in [7, 11) is 0. The summed E-state index contributed by atoms with van der Waals surface area (Å²) in [5, 5.41) is 0. The largest absolute Gasteiger partial charge is 0.383 e. The number of nitrogens with two attached hydrogens (primary N) is 1. The summed E-state index contributed by atoms with van der Waals surface area (Å²) in [5.74, 6) is 0.513. The number of pyridine rings is 1. The Bertz CT molecular complexity index is 759. The minimum atomic E-state index is 0.513. The highest BCUT2D eigenvalue weighted by Crippen LogP contribution is 2.28. The van der Waals surface area contributed by atoms with Crippen LogP contribution in [0.25, 0.3) is 16.9 Å². The molecule has 1 aromatic carbocycles. The van der Waals surface area contributed by atoms with Crippen LogP contribution in [0.5, 0.6) is 0 Å². The van der Waals surface area contributed by atoms with Crippen LogP contribution in [0.1, 0.15) is 11.1 Å². The Morgan fingerprint density at radius 3 is 2.75 bits per heavy atom. The van der Waals surface area contributed by atoms with Gasteiger partial charge in [0.25, 0.3) is 0 Å². The quantitative estimate of drug-likeness (QED) is 0.773. The molecule has 0 spiro atoms. The van der Waals surface area contributed by atoms with Crippen LogP contribution < -0.4 is 5.73 Å². The van der Waals surface area contributed by atoms with Crippen LogP contribution in [0.15, 0.2) is 49.1 Å². The van der Waals surface area contributed by atoms with E-state index < -0.39 is 0 Å². The Hall–Kier alpha value is -2.62. The van der Waals surface area contributed by atoms with Gasteiger partial charge in [-0.15, -0.1) is 0 Å². The molecular formula is C16H16N4. The van der Waals surface area contributed by atoms with Gasteiger partial charge in [-0.05, 0) is 43.2 Å². The standard InChI is InChI=1S/C16H16N4/c1-11-5-3-7-14(12(11)2)20-10-18-9-15(20)13-6-4-8-19-16(13)17/h3-10H,1-2H3,(H2,17,19). The number of benzene rings is 1. The van der Waals surface area contributed by atoms with Gasteiger partial charge in [-0.25, -0.2) is 9.97 Å². The Kier molecular flexibility index (Phi) is 2.99. The van der Waals surface area contributed by atoms with E-state index in [1.807, 2.05) is 30.7 Å². The highest BCUT2D eigenvalue weighted by atomic mass is 15.1. The van der Waals surface area contributed by atoms with Crippen molar-refractivity contribution in [2.75, 3.05) is 5.73 Å². The summed E-state index contributed by atoms with van der Waals surface area (Å²) < 4.78 is 2.05. The van der Waals surface area contributed by atoms with Gasteiger partial charge in [0.1, 0.15) is 5.82 Å². The first-order chi connectivity index (χ1) is 9.68. The van der Waals surface area contributed by atoms with E-state index in [0.717, 1.165) is 16.9 Å². The monoisotopic (exact) mass is 264 g/mol. The second-order valence-electron chi connectivity index (χ2n) is 4.80. The zero-order valence-corrected chi connectivity index (χ0v) is 11.5. The van der Waals surface area contributed by atoms with Gasteiger partial charge in [0.15, 0.2) is 0 Å². The van der Waals surface area contributed by atoms with Crippen molar-refractivity contribution in [3.8, 4) is 16.9 Å². The van der Waals surface area contributed by atoms with Crippen molar-refractivity contribution in [3.63, 3.8) is 0 Å². The van der Waals surface area contributed by atoms with Crippen molar-refractivity contribution in [1.82, 2.24) is 14.5 Å². The molecule has 0 aliphatic carbocycles. The third-order valence-corrected chi connectivity index (χ3v) is 3.59. The molecule has 0 bridgehead atoms. The van der Waals surface area contributed by atoms with Crippen LogP contribution in [0.2, 0.25) is 0 Å². The average Bonchev–Trinajstić information content (AvgIpc) is 2.91. The van der Waals surface area contributed by atoms with E-state index in [9.17, 15) is 0 Å². The van der Waals surface area contributed by atoms with E-state index in [-0.39, 0.29) is 0 Å². The normalized spacial score (nSPS) is 10.7. The van der Waals surface area contributed by atoms with E-state index in [4.69, 9.17) is 5.73 Å². The second-order valence-corrected chi connectivity index (χ2v) is 4.80. The fourth-order valence-electron chi connectivity index (χ4n) is 2.32. The van der Waals surface area contributed by atoms with Crippen molar-refractivity contribution in [1.29, 1.82) is 0 Å². The highest BCUT2D eigenvalue weighted by molar-refractivity contribution is 5.72. The number of aromatic nitrogens is 3. The van der Waals surface area contributed by atoms with Crippen LogP contribution in [-0.2, 0) is 0 Å². The predicted octanol–water partition coefficient (Wildman–Crippen LogP) is 3.13. The first-order valence-electron chi connectivity index (χ1n) is 6.48. The fourth-order valence-corrected chi connectivity index (χ4v) is 2.32. The Morgan fingerprint density at radius 1 is 1.10 bits per heavy atom. The number of nitrogens with zero attached hydrogens (tertiary/aromatic N) is 3. The number of hydrogen-bond acceptors (Lipinski definition) is 3. The molecule has 3 aromatic rings. The molecule has 2 heterocycles. The summed E-state index contributed by atoms with van der Waals surface area (Å²) in [5.41, 5.74) is 11.4. The molecule has 0 saturated heterocycles. The summed E-state index contributed by atoms with van der Waals surface area (Å²) in [6.45, 7) is 4.22. The third kappa shape index (κ3) is 1.95. The molecule has 0 atom stereocenters. The molecule has 20 heavy (non-hydrogen) atoms. The van der Waals surface area contributed by atoms with E-state index in [1.54, 1.807) is 6.20 Å². The Morgan fingerprint density at radius 2 is 1.95 bits per heavy atom. The van der Waals surface area contributed by atoms with Gasteiger partial charge in [-0.3, -0.25) is 4.57 Å². The smallest absolute Gasteiger partial charge is 0.132 e. The lowest BCUT2D eigenvalue weighted by Gasteiger charge is -2.13. The third-order valence-electron chi connectivity index (χ3n) is 3.59. The number of anilines is 1. The summed E-state index contributed by atoms with van der Waals surface area (Å²) >= 11 is 0.